The second kappa shape index (κ2) is 9.58. The lowest BCUT2D eigenvalue weighted by Crippen LogP contribution is -2.29. The minimum atomic E-state index is -0.183. The standard InChI is InChI=1S/C30H38N2O2/c1-18-11-12-32-20(3)14-26(18)22-8-10-29(19(2)13-22)34-30-27(21-5-4-6-25(33)15-21)16-23-7-9-24(31)17-28(23)30/h7-11,13,17,21,25-27,30,33H,4-6,12,14-16,31H2,1-3H3. The highest BCUT2D eigenvalue weighted by Gasteiger charge is 2.41. The lowest BCUT2D eigenvalue weighted by molar-refractivity contribution is 0.0406. The normalized spacial score (nSPS) is 29.1. The second-order valence-corrected chi connectivity index (χ2v) is 10.8. The minimum Gasteiger partial charge on any atom is -0.485 e. The Labute approximate surface area is 203 Å². The van der Waals surface area contributed by atoms with E-state index < -0.39 is 0 Å². The largest absolute Gasteiger partial charge is 0.485 e. The molecule has 5 rings (SSSR count). The maximum absolute atomic E-state index is 10.4. The molecule has 180 valence electrons. The molecule has 0 saturated heterocycles. The number of anilines is 1. The molecule has 4 nitrogen and oxygen atoms in total. The van der Waals surface area contributed by atoms with Crippen molar-refractivity contribution in [1.82, 2.24) is 0 Å². The van der Waals surface area contributed by atoms with Gasteiger partial charge in [0, 0.05) is 23.2 Å². The van der Waals surface area contributed by atoms with E-state index in [4.69, 9.17) is 10.5 Å². The maximum Gasteiger partial charge on any atom is 0.127 e. The first-order valence-corrected chi connectivity index (χ1v) is 12.9. The van der Waals surface area contributed by atoms with Crippen LogP contribution in [0.1, 0.15) is 80.2 Å². The van der Waals surface area contributed by atoms with Crippen LogP contribution in [-0.4, -0.2) is 23.5 Å². The number of nitrogens with two attached hydrogens (primary N) is 1. The number of hydrogen-bond acceptors (Lipinski definition) is 4. The number of fused-ring (bicyclic) bond motifs is 1. The summed E-state index contributed by atoms with van der Waals surface area (Å²) in [4.78, 5) is 4.63. The van der Waals surface area contributed by atoms with E-state index in [0.717, 1.165) is 56.5 Å². The van der Waals surface area contributed by atoms with Crippen molar-refractivity contribution in [1.29, 1.82) is 0 Å². The third-order valence-electron chi connectivity index (χ3n) is 8.29. The molecule has 2 aromatic rings. The number of aryl methyl sites for hydroxylation is 1. The van der Waals surface area contributed by atoms with Crippen LogP contribution in [0, 0.1) is 18.8 Å². The van der Waals surface area contributed by atoms with Gasteiger partial charge in [0.15, 0.2) is 0 Å². The highest BCUT2D eigenvalue weighted by molar-refractivity contribution is 5.83. The fourth-order valence-corrected chi connectivity index (χ4v) is 6.36. The Balaban J connectivity index is 1.43. The number of aliphatic hydroxyl groups excluding tert-OH is 1. The van der Waals surface area contributed by atoms with E-state index in [2.05, 4.69) is 62.2 Å². The number of allylic oxidation sites excluding steroid dienone is 1. The van der Waals surface area contributed by atoms with Gasteiger partial charge in [-0.25, -0.2) is 0 Å². The SMILES string of the molecule is CC1=CCN=C(C)CC1c1ccc(OC2c3cc(N)ccc3CC2C2CCCC(O)C2)c(C)c1. The summed E-state index contributed by atoms with van der Waals surface area (Å²) in [5.41, 5.74) is 14.7. The lowest BCUT2D eigenvalue weighted by Gasteiger charge is -2.34. The molecule has 1 saturated carbocycles. The molecule has 1 aliphatic heterocycles. The van der Waals surface area contributed by atoms with Crippen molar-refractivity contribution in [3.63, 3.8) is 0 Å². The van der Waals surface area contributed by atoms with Gasteiger partial charge in [-0.2, -0.15) is 0 Å². The van der Waals surface area contributed by atoms with Crippen LogP contribution in [0.25, 0.3) is 0 Å². The third kappa shape index (κ3) is 4.65. The molecule has 4 heteroatoms. The van der Waals surface area contributed by atoms with Crippen molar-refractivity contribution in [2.24, 2.45) is 16.8 Å². The van der Waals surface area contributed by atoms with Gasteiger partial charge in [-0.05, 0) is 99.2 Å². The molecule has 1 heterocycles. The maximum atomic E-state index is 10.4. The summed E-state index contributed by atoms with van der Waals surface area (Å²) < 4.78 is 6.83. The van der Waals surface area contributed by atoms with Crippen LogP contribution >= 0.6 is 0 Å². The van der Waals surface area contributed by atoms with E-state index >= 15 is 0 Å². The predicted molar refractivity (Wildman–Crippen MR) is 140 cm³/mol. The van der Waals surface area contributed by atoms with E-state index in [1.165, 1.54) is 33.5 Å². The van der Waals surface area contributed by atoms with Gasteiger partial charge in [0.25, 0.3) is 0 Å². The van der Waals surface area contributed by atoms with Gasteiger partial charge in [-0.15, -0.1) is 0 Å². The zero-order valence-electron chi connectivity index (χ0n) is 20.8. The Hall–Kier alpha value is -2.59. The van der Waals surface area contributed by atoms with Crippen molar-refractivity contribution < 1.29 is 9.84 Å². The molecule has 34 heavy (non-hydrogen) atoms. The summed E-state index contributed by atoms with van der Waals surface area (Å²) in [6, 6.07) is 13.0. The van der Waals surface area contributed by atoms with Crippen LogP contribution in [0.4, 0.5) is 5.69 Å². The van der Waals surface area contributed by atoms with Gasteiger partial charge in [-0.3, -0.25) is 4.99 Å². The summed E-state index contributed by atoms with van der Waals surface area (Å²) in [7, 11) is 0. The van der Waals surface area contributed by atoms with E-state index in [9.17, 15) is 5.11 Å². The Bertz CT molecular complexity index is 1120. The topological polar surface area (TPSA) is 67.8 Å². The number of hydrogen-bond donors (Lipinski definition) is 2. The molecule has 0 amide bonds. The average molecular weight is 459 g/mol. The molecule has 0 radical (unpaired) electrons. The number of rotatable bonds is 4. The highest BCUT2D eigenvalue weighted by Crippen LogP contribution is 2.48. The molecule has 5 unspecified atom stereocenters. The smallest absolute Gasteiger partial charge is 0.127 e. The van der Waals surface area contributed by atoms with Crippen LogP contribution in [0.5, 0.6) is 5.75 Å². The quantitative estimate of drug-likeness (QED) is 0.416. The van der Waals surface area contributed by atoms with E-state index in [1.807, 2.05) is 6.07 Å². The van der Waals surface area contributed by atoms with Gasteiger partial charge in [0.05, 0.1) is 12.6 Å². The van der Waals surface area contributed by atoms with Crippen LogP contribution < -0.4 is 10.5 Å². The van der Waals surface area contributed by atoms with Gasteiger partial charge < -0.3 is 15.6 Å². The fourth-order valence-electron chi connectivity index (χ4n) is 6.36. The molecule has 0 spiro atoms. The Morgan fingerprint density at radius 1 is 1.03 bits per heavy atom. The molecular weight excluding hydrogens is 420 g/mol. The zero-order chi connectivity index (χ0) is 23.8. The number of nitrogen functional groups attached to an aromatic ring is 1. The minimum absolute atomic E-state index is 0.0211. The Kier molecular flexibility index (Phi) is 6.52. The van der Waals surface area contributed by atoms with Crippen LogP contribution in [0.3, 0.4) is 0 Å². The number of aliphatic hydroxyl groups is 1. The van der Waals surface area contributed by atoms with Gasteiger partial charge in [-0.1, -0.05) is 36.3 Å². The lowest BCUT2D eigenvalue weighted by atomic mass is 9.76. The van der Waals surface area contributed by atoms with Crippen molar-refractivity contribution in [2.45, 2.75) is 77.4 Å². The Morgan fingerprint density at radius 3 is 2.68 bits per heavy atom. The molecule has 5 atom stereocenters. The summed E-state index contributed by atoms with van der Waals surface area (Å²) in [5, 5.41) is 10.4. The summed E-state index contributed by atoms with van der Waals surface area (Å²) in [5.74, 6) is 2.17. The molecule has 0 bridgehead atoms. The monoisotopic (exact) mass is 458 g/mol. The molecule has 2 aromatic carbocycles. The highest BCUT2D eigenvalue weighted by atomic mass is 16.5. The molecule has 3 N–H and O–H groups in total. The third-order valence-corrected chi connectivity index (χ3v) is 8.29. The van der Waals surface area contributed by atoms with Crippen molar-refractivity contribution in [3.05, 3.63) is 70.3 Å². The Morgan fingerprint density at radius 2 is 1.88 bits per heavy atom. The van der Waals surface area contributed by atoms with Gasteiger partial charge in [0.1, 0.15) is 11.9 Å². The molecule has 0 aromatic heterocycles. The second-order valence-electron chi connectivity index (χ2n) is 10.8. The van der Waals surface area contributed by atoms with E-state index in [0.29, 0.717) is 17.8 Å². The first kappa shape index (κ1) is 23.2. The van der Waals surface area contributed by atoms with Crippen molar-refractivity contribution >= 4 is 11.4 Å². The number of benzene rings is 2. The van der Waals surface area contributed by atoms with Crippen LogP contribution in [-0.2, 0) is 6.42 Å². The van der Waals surface area contributed by atoms with Crippen molar-refractivity contribution in [2.75, 3.05) is 12.3 Å². The summed E-state index contributed by atoms with van der Waals surface area (Å²) in [6.07, 6.45) is 8.08. The zero-order valence-corrected chi connectivity index (χ0v) is 20.8. The van der Waals surface area contributed by atoms with E-state index in [1.54, 1.807) is 0 Å². The fraction of sp³-hybridized carbons (Fsp3) is 0.500. The predicted octanol–water partition coefficient (Wildman–Crippen LogP) is 6.32. The molecule has 1 fully saturated rings. The number of ether oxygens (including phenoxy) is 1. The van der Waals surface area contributed by atoms with Crippen LogP contribution in [0.15, 0.2) is 53.0 Å². The summed E-state index contributed by atoms with van der Waals surface area (Å²) in [6.45, 7) is 7.30. The summed E-state index contributed by atoms with van der Waals surface area (Å²) >= 11 is 0. The van der Waals surface area contributed by atoms with Gasteiger partial charge >= 0.3 is 0 Å². The molecule has 2 aliphatic carbocycles. The first-order valence-electron chi connectivity index (χ1n) is 12.9. The number of nitrogens with zero attached hydrogens (tertiary/aromatic N) is 1. The van der Waals surface area contributed by atoms with Crippen LogP contribution in [0.2, 0.25) is 0 Å². The van der Waals surface area contributed by atoms with E-state index in [-0.39, 0.29) is 12.2 Å². The van der Waals surface area contributed by atoms with Crippen molar-refractivity contribution in [3.8, 4) is 5.75 Å². The number of aliphatic imine (C=N–C) groups is 1. The first-order chi connectivity index (χ1) is 16.4. The average Bonchev–Trinajstić information content (AvgIpc) is 3.06. The van der Waals surface area contributed by atoms with Gasteiger partial charge in [0.2, 0.25) is 0 Å². The molecule has 3 aliphatic rings. The molecular formula is C30H38N2O2.